The first-order chi connectivity index (χ1) is 9.36. The molecule has 0 aliphatic carbocycles. The van der Waals surface area contributed by atoms with E-state index in [1.54, 1.807) is 30.4 Å². The number of hydrogen-bond donors (Lipinski definition) is 1. The van der Waals surface area contributed by atoms with Crippen LogP contribution in [0, 0.1) is 0 Å². The third-order valence-electron chi connectivity index (χ3n) is 2.52. The van der Waals surface area contributed by atoms with E-state index in [2.05, 4.69) is 15.0 Å². The number of nitrogen functional groups attached to an aromatic ring is 1. The van der Waals surface area contributed by atoms with E-state index in [0.717, 1.165) is 5.56 Å². The van der Waals surface area contributed by atoms with Crippen LogP contribution in [0.5, 0.6) is 0 Å². The first-order valence-electron chi connectivity index (χ1n) is 5.68. The monoisotopic (exact) mass is 283 g/mol. The fourth-order valence-electron chi connectivity index (χ4n) is 1.62. The molecule has 2 N–H and O–H groups in total. The number of hydrogen-bond acceptors (Lipinski definition) is 5. The van der Waals surface area contributed by atoms with E-state index >= 15 is 0 Å². The molecule has 0 saturated heterocycles. The lowest BCUT2D eigenvalue weighted by atomic mass is 10.2. The Bertz CT molecular complexity index is 585. The second-order valence-electron chi connectivity index (χ2n) is 4.19. The maximum absolute atomic E-state index is 12.6. The molecule has 2 aromatic rings. The average Bonchev–Trinajstić information content (AvgIpc) is 2.38. The molecule has 2 heterocycles. The lowest BCUT2D eigenvalue weighted by Crippen LogP contribution is -2.21. The number of rotatable bonds is 3. The molecule has 2 rings (SSSR count). The summed E-state index contributed by atoms with van der Waals surface area (Å²) >= 11 is 0. The van der Waals surface area contributed by atoms with E-state index in [9.17, 15) is 13.2 Å². The van der Waals surface area contributed by atoms with Gasteiger partial charge in [-0.05, 0) is 11.6 Å². The number of aromatic nitrogens is 3. The highest BCUT2D eigenvalue weighted by Gasteiger charge is 2.35. The predicted molar refractivity (Wildman–Crippen MR) is 67.8 cm³/mol. The predicted octanol–water partition coefficient (Wildman–Crippen LogP) is 2.11. The molecule has 0 aliphatic heterocycles. The van der Waals surface area contributed by atoms with Gasteiger partial charge in [-0.3, -0.25) is 4.98 Å². The molecule has 2 aromatic heterocycles. The number of anilines is 2. The van der Waals surface area contributed by atoms with Gasteiger partial charge in [-0.1, -0.05) is 6.07 Å². The van der Waals surface area contributed by atoms with Gasteiger partial charge < -0.3 is 10.6 Å². The molecule has 20 heavy (non-hydrogen) atoms. The number of alkyl halides is 3. The van der Waals surface area contributed by atoms with Crippen LogP contribution in [-0.4, -0.2) is 22.0 Å². The third kappa shape index (κ3) is 3.34. The van der Waals surface area contributed by atoms with Crippen LogP contribution in [-0.2, 0) is 12.7 Å². The Morgan fingerprint density at radius 3 is 2.65 bits per heavy atom. The molecule has 0 aliphatic rings. The molecule has 8 heteroatoms. The number of nitrogens with two attached hydrogens (primary N) is 1. The maximum atomic E-state index is 12.6. The Balaban J connectivity index is 2.26. The van der Waals surface area contributed by atoms with E-state index in [4.69, 9.17) is 5.73 Å². The van der Waals surface area contributed by atoms with Crippen molar-refractivity contribution in [2.45, 2.75) is 12.7 Å². The summed E-state index contributed by atoms with van der Waals surface area (Å²) in [4.78, 5) is 12.2. The number of pyridine rings is 1. The van der Waals surface area contributed by atoms with Gasteiger partial charge >= 0.3 is 6.18 Å². The summed E-state index contributed by atoms with van der Waals surface area (Å²) in [6, 6.07) is 4.86. The largest absolute Gasteiger partial charge is 0.451 e. The normalized spacial score (nSPS) is 11.4. The molecule has 0 amide bonds. The quantitative estimate of drug-likeness (QED) is 0.934. The standard InChI is InChI=1S/C12H12F3N5/c1-20(7-8-3-2-4-17-6-8)10-5-9(16)18-11(19-10)12(13,14)15/h2-6H,7H2,1H3,(H2,16,18,19). The highest BCUT2D eigenvalue weighted by molar-refractivity contribution is 5.47. The Kier molecular flexibility index (Phi) is 3.73. The summed E-state index contributed by atoms with van der Waals surface area (Å²) in [5.74, 6) is -1.36. The third-order valence-corrected chi connectivity index (χ3v) is 2.52. The fourth-order valence-corrected chi connectivity index (χ4v) is 1.62. The minimum Gasteiger partial charge on any atom is -0.384 e. The molecule has 0 fully saturated rings. The summed E-state index contributed by atoms with van der Waals surface area (Å²) in [6.07, 6.45) is -1.38. The second kappa shape index (κ2) is 5.32. The summed E-state index contributed by atoms with van der Waals surface area (Å²) in [5.41, 5.74) is 6.25. The van der Waals surface area contributed by atoms with Gasteiger partial charge in [0.1, 0.15) is 11.6 Å². The van der Waals surface area contributed by atoms with E-state index < -0.39 is 12.0 Å². The Hall–Kier alpha value is -2.38. The topological polar surface area (TPSA) is 67.9 Å². The van der Waals surface area contributed by atoms with Crippen LogP contribution in [0.25, 0.3) is 0 Å². The molecular weight excluding hydrogens is 271 g/mol. The maximum Gasteiger partial charge on any atom is 0.451 e. The van der Waals surface area contributed by atoms with Crippen molar-refractivity contribution >= 4 is 11.6 Å². The van der Waals surface area contributed by atoms with Crippen molar-refractivity contribution in [1.29, 1.82) is 0 Å². The van der Waals surface area contributed by atoms with Gasteiger partial charge in [0.05, 0.1) is 0 Å². The van der Waals surface area contributed by atoms with Crippen molar-refractivity contribution in [3.63, 3.8) is 0 Å². The molecule has 0 unspecified atom stereocenters. The Labute approximate surface area is 113 Å². The minimum absolute atomic E-state index is 0.105. The minimum atomic E-state index is -4.63. The van der Waals surface area contributed by atoms with Crippen LogP contribution in [0.1, 0.15) is 11.4 Å². The van der Waals surface area contributed by atoms with E-state index in [-0.39, 0.29) is 11.6 Å². The van der Waals surface area contributed by atoms with Crippen molar-refractivity contribution < 1.29 is 13.2 Å². The van der Waals surface area contributed by atoms with E-state index in [0.29, 0.717) is 6.54 Å². The first-order valence-corrected chi connectivity index (χ1v) is 5.68. The average molecular weight is 283 g/mol. The molecule has 0 spiro atoms. The van der Waals surface area contributed by atoms with Gasteiger partial charge in [0, 0.05) is 32.1 Å². The van der Waals surface area contributed by atoms with Crippen molar-refractivity contribution in [2.24, 2.45) is 0 Å². The zero-order valence-corrected chi connectivity index (χ0v) is 10.6. The molecule has 0 atom stereocenters. The van der Waals surface area contributed by atoms with Crippen molar-refractivity contribution in [3.05, 3.63) is 42.0 Å². The highest BCUT2D eigenvalue weighted by Crippen LogP contribution is 2.28. The van der Waals surface area contributed by atoms with E-state index in [1.807, 2.05) is 6.07 Å². The molecular formula is C12H12F3N5. The van der Waals surface area contributed by atoms with Crippen molar-refractivity contribution in [3.8, 4) is 0 Å². The van der Waals surface area contributed by atoms with Crippen molar-refractivity contribution in [1.82, 2.24) is 15.0 Å². The molecule has 0 saturated carbocycles. The van der Waals surface area contributed by atoms with Crippen LogP contribution < -0.4 is 10.6 Å². The van der Waals surface area contributed by atoms with Crippen LogP contribution in [0.15, 0.2) is 30.6 Å². The molecule has 0 bridgehead atoms. The summed E-state index contributed by atoms with van der Waals surface area (Å²) in [6.45, 7) is 0.363. The highest BCUT2D eigenvalue weighted by atomic mass is 19.4. The Morgan fingerprint density at radius 1 is 1.30 bits per heavy atom. The van der Waals surface area contributed by atoms with Gasteiger partial charge in [-0.15, -0.1) is 0 Å². The zero-order chi connectivity index (χ0) is 14.8. The van der Waals surface area contributed by atoms with Crippen molar-refractivity contribution in [2.75, 3.05) is 17.7 Å². The lowest BCUT2D eigenvalue weighted by Gasteiger charge is -2.19. The van der Waals surface area contributed by atoms with E-state index in [1.165, 1.54) is 6.07 Å². The number of nitrogens with zero attached hydrogens (tertiary/aromatic N) is 4. The molecule has 5 nitrogen and oxygen atoms in total. The lowest BCUT2D eigenvalue weighted by molar-refractivity contribution is -0.144. The first kappa shape index (κ1) is 14.0. The number of halogens is 3. The van der Waals surface area contributed by atoms with Crippen LogP contribution in [0.3, 0.4) is 0 Å². The molecule has 0 radical (unpaired) electrons. The van der Waals surface area contributed by atoms with Gasteiger partial charge in [-0.25, -0.2) is 9.97 Å². The molecule has 106 valence electrons. The van der Waals surface area contributed by atoms with Crippen LogP contribution in [0.4, 0.5) is 24.8 Å². The second-order valence-corrected chi connectivity index (χ2v) is 4.19. The Morgan fingerprint density at radius 2 is 2.05 bits per heavy atom. The van der Waals surface area contributed by atoms with Crippen LogP contribution in [0.2, 0.25) is 0 Å². The molecule has 0 aromatic carbocycles. The van der Waals surface area contributed by atoms with Gasteiger partial charge in [-0.2, -0.15) is 13.2 Å². The summed E-state index contributed by atoms with van der Waals surface area (Å²) in [7, 11) is 1.62. The van der Waals surface area contributed by atoms with Crippen LogP contribution >= 0.6 is 0 Å². The SMILES string of the molecule is CN(Cc1cccnc1)c1cc(N)nc(C(F)(F)F)n1. The summed E-state index contributed by atoms with van der Waals surface area (Å²) < 4.78 is 37.9. The smallest absolute Gasteiger partial charge is 0.384 e. The summed E-state index contributed by atoms with van der Waals surface area (Å²) in [5, 5.41) is 0. The van der Waals surface area contributed by atoms with Gasteiger partial charge in [0.15, 0.2) is 0 Å². The zero-order valence-electron chi connectivity index (χ0n) is 10.6. The van der Waals surface area contributed by atoms with Gasteiger partial charge in [0.25, 0.3) is 0 Å². The van der Waals surface area contributed by atoms with Gasteiger partial charge in [0.2, 0.25) is 5.82 Å². The fraction of sp³-hybridized carbons (Fsp3) is 0.250.